The van der Waals surface area contributed by atoms with E-state index < -0.39 is 0 Å². The second-order valence-electron chi connectivity index (χ2n) is 8.51. The molecule has 146 valence electrons. The van der Waals surface area contributed by atoms with Crippen LogP contribution in [-0.4, -0.2) is 49.2 Å². The summed E-state index contributed by atoms with van der Waals surface area (Å²) in [6.07, 6.45) is 2.06. The van der Waals surface area contributed by atoms with Crippen LogP contribution in [0.25, 0.3) is 0 Å². The van der Waals surface area contributed by atoms with Crippen molar-refractivity contribution in [2.75, 3.05) is 32.8 Å². The monoisotopic (exact) mass is 376 g/mol. The second-order valence-corrected chi connectivity index (χ2v) is 8.51. The lowest BCUT2D eigenvalue weighted by Gasteiger charge is -2.51. The minimum absolute atomic E-state index is 0.00649. The number of ether oxygens (including phenoxy) is 1. The van der Waals surface area contributed by atoms with E-state index in [1.165, 1.54) is 11.1 Å². The van der Waals surface area contributed by atoms with Crippen LogP contribution < -0.4 is 5.32 Å². The SMILES string of the molecule is O=C1NCC2(N3CCOCC3)C[C@H](c3ccccc3)C1[C@H](c1ccccc1)C2. The minimum Gasteiger partial charge on any atom is -0.379 e. The van der Waals surface area contributed by atoms with E-state index in [9.17, 15) is 4.79 Å². The summed E-state index contributed by atoms with van der Waals surface area (Å²) in [5.74, 6) is 0.688. The average Bonchev–Trinajstić information content (AvgIpc) is 3.02. The van der Waals surface area contributed by atoms with Gasteiger partial charge >= 0.3 is 0 Å². The first kappa shape index (κ1) is 17.9. The normalized spacial score (nSPS) is 33.3. The van der Waals surface area contributed by atoms with E-state index in [4.69, 9.17) is 4.74 Å². The van der Waals surface area contributed by atoms with Crippen LogP contribution in [0.3, 0.4) is 0 Å². The van der Waals surface area contributed by atoms with Crippen molar-refractivity contribution in [3.05, 3.63) is 71.8 Å². The summed E-state index contributed by atoms with van der Waals surface area (Å²) in [6.45, 7) is 4.21. The maximum Gasteiger partial charge on any atom is 0.224 e. The topological polar surface area (TPSA) is 41.6 Å². The molecule has 4 nitrogen and oxygen atoms in total. The third-order valence-corrected chi connectivity index (χ3v) is 7.10. The first-order chi connectivity index (χ1) is 13.8. The number of hydrogen-bond donors (Lipinski definition) is 1. The van der Waals surface area contributed by atoms with Crippen molar-refractivity contribution in [2.45, 2.75) is 30.2 Å². The Morgan fingerprint density at radius 1 is 0.857 bits per heavy atom. The highest BCUT2D eigenvalue weighted by Crippen LogP contribution is 2.53. The van der Waals surface area contributed by atoms with Gasteiger partial charge in [0.1, 0.15) is 0 Å². The Labute approximate surface area is 166 Å². The lowest BCUT2D eigenvalue weighted by atomic mass is 9.61. The van der Waals surface area contributed by atoms with Crippen LogP contribution in [0.15, 0.2) is 60.7 Å². The second kappa shape index (κ2) is 7.34. The Morgan fingerprint density at radius 3 is 1.93 bits per heavy atom. The van der Waals surface area contributed by atoms with Crippen LogP contribution in [0.5, 0.6) is 0 Å². The van der Waals surface area contributed by atoms with Gasteiger partial charge in [-0.25, -0.2) is 0 Å². The molecule has 3 heterocycles. The van der Waals surface area contributed by atoms with Crippen molar-refractivity contribution in [1.29, 1.82) is 0 Å². The van der Waals surface area contributed by atoms with E-state index in [2.05, 4.69) is 70.9 Å². The van der Waals surface area contributed by atoms with Crippen molar-refractivity contribution in [1.82, 2.24) is 10.2 Å². The number of amides is 1. The summed E-state index contributed by atoms with van der Waals surface area (Å²) in [4.78, 5) is 15.9. The molecule has 4 aliphatic rings. The number of fused-ring (bicyclic) bond motifs is 4. The molecule has 2 unspecified atom stereocenters. The highest BCUT2D eigenvalue weighted by molar-refractivity contribution is 5.82. The average molecular weight is 377 g/mol. The van der Waals surface area contributed by atoms with Gasteiger partial charge in [0, 0.05) is 25.2 Å². The molecule has 4 heteroatoms. The summed E-state index contributed by atoms with van der Waals surface area (Å²) in [5.41, 5.74) is 2.58. The van der Waals surface area contributed by atoms with Gasteiger partial charge in [0.15, 0.2) is 0 Å². The first-order valence-electron chi connectivity index (χ1n) is 10.5. The lowest BCUT2D eigenvalue weighted by molar-refractivity contribution is -0.126. The number of benzene rings is 2. The van der Waals surface area contributed by atoms with Gasteiger partial charge in [-0.05, 0) is 35.8 Å². The molecule has 28 heavy (non-hydrogen) atoms. The maximum atomic E-state index is 13.3. The van der Waals surface area contributed by atoms with Crippen molar-refractivity contribution in [3.63, 3.8) is 0 Å². The number of rotatable bonds is 3. The molecule has 1 amide bonds. The zero-order chi connectivity index (χ0) is 19.0. The molecule has 0 radical (unpaired) electrons. The zero-order valence-corrected chi connectivity index (χ0v) is 16.2. The molecule has 1 N–H and O–H groups in total. The highest BCUT2D eigenvalue weighted by Gasteiger charge is 2.54. The number of nitrogens with one attached hydrogen (secondary N) is 1. The van der Waals surface area contributed by atoms with Gasteiger partial charge in [0.2, 0.25) is 5.91 Å². The molecular weight excluding hydrogens is 348 g/mol. The van der Waals surface area contributed by atoms with Crippen molar-refractivity contribution in [2.24, 2.45) is 5.92 Å². The molecule has 2 bridgehead atoms. The minimum atomic E-state index is -0.0125. The predicted octanol–water partition coefficient (Wildman–Crippen LogP) is 3.16. The summed E-state index contributed by atoms with van der Waals surface area (Å²) < 4.78 is 5.64. The van der Waals surface area contributed by atoms with Gasteiger partial charge in [-0.2, -0.15) is 0 Å². The summed E-state index contributed by atoms with van der Waals surface area (Å²) in [7, 11) is 0. The Balaban J connectivity index is 1.61. The fourth-order valence-corrected chi connectivity index (χ4v) is 5.77. The first-order valence-corrected chi connectivity index (χ1v) is 10.5. The largest absolute Gasteiger partial charge is 0.379 e. The van der Waals surface area contributed by atoms with Crippen LogP contribution in [0, 0.1) is 5.92 Å². The summed E-state index contributed by atoms with van der Waals surface area (Å²) >= 11 is 0. The summed E-state index contributed by atoms with van der Waals surface area (Å²) in [6, 6.07) is 21.3. The number of morpholine rings is 1. The van der Waals surface area contributed by atoms with Crippen molar-refractivity contribution in [3.8, 4) is 0 Å². The van der Waals surface area contributed by atoms with Gasteiger partial charge in [0.25, 0.3) is 0 Å². The predicted molar refractivity (Wildman–Crippen MR) is 109 cm³/mol. The van der Waals surface area contributed by atoms with E-state index in [1.54, 1.807) is 0 Å². The molecule has 2 aromatic rings. The quantitative estimate of drug-likeness (QED) is 0.895. The highest BCUT2D eigenvalue weighted by atomic mass is 16.5. The third-order valence-electron chi connectivity index (χ3n) is 7.10. The standard InChI is InChI=1S/C24H28N2O2/c27-23-22-20(18-7-3-1-4-8-18)15-24(17-25-23,26-11-13-28-14-12-26)16-21(22)19-9-5-2-6-10-19/h1-10,20-22H,11-17H2,(H,25,27)/t20-,21+,22?,24?. The van der Waals surface area contributed by atoms with Crippen LogP contribution in [0.4, 0.5) is 0 Å². The molecule has 2 aromatic carbocycles. The van der Waals surface area contributed by atoms with E-state index >= 15 is 0 Å². The van der Waals surface area contributed by atoms with E-state index in [0.29, 0.717) is 0 Å². The molecule has 3 aliphatic heterocycles. The molecule has 4 atom stereocenters. The summed E-state index contributed by atoms with van der Waals surface area (Å²) in [5, 5.41) is 3.32. The zero-order valence-electron chi connectivity index (χ0n) is 16.2. The van der Waals surface area contributed by atoms with E-state index in [1.807, 2.05) is 0 Å². The molecule has 4 fully saturated rings. The Kier molecular flexibility index (Phi) is 4.69. The fourth-order valence-electron chi connectivity index (χ4n) is 5.77. The van der Waals surface area contributed by atoms with Gasteiger partial charge in [0.05, 0.1) is 19.1 Å². The van der Waals surface area contributed by atoms with Crippen LogP contribution >= 0.6 is 0 Å². The van der Waals surface area contributed by atoms with Crippen LogP contribution in [0.1, 0.15) is 35.8 Å². The van der Waals surface area contributed by atoms with E-state index in [-0.39, 0.29) is 29.2 Å². The molecule has 3 saturated heterocycles. The number of carbonyl (C=O) groups is 1. The fraction of sp³-hybridized carbons (Fsp3) is 0.458. The molecule has 0 spiro atoms. The molecule has 1 aliphatic carbocycles. The van der Waals surface area contributed by atoms with Crippen LogP contribution in [0.2, 0.25) is 0 Å². The van der Waals surface area contributed by atoms with Crippen molar-refractivity contribution >= 4 is 5.91 Å². The number of carbonyl (C=O) groups excluding carboxylic acids is 1. The molecule has 1 saturated carbocycles. The Bertz CT molecular complexity index is 768. The van der Waals surface area contributed by atoms with Crippen molar-refractivity contribution < 1.29 is 9.53 Å². The smallest absolute Gasteiger partial charge is 0.224 e. The third kappa shape index (κ3) is 3.05. The maximum absolute atomic E-state index is 13.3. The van der Waals surface area contributed by atoms with E-state index in [0.717, 1.165) is 45.7 Å². The van der Waals surface area contributed by atoms with Gasteiger partial charge in [-0.1, -0.05) is 60.7 Å². The molecule has 0 aromatic heterocycles. The number of hydrogen-bond acceptors (Lipinski definition) is 3. The Morgan fingerprint density at radius 2 is 1.39 bits per heavy atom. The lowest BCUT2D eigenvalue weighted by Crippen LogP contribution is -2.59. The van der Waals surface area contributed by atoms with Crippen LogP contribution in [-0.2, 0) is 9.53 Å². The van der Waals surface area contributed by atoms with Gasteiger partial charge in [-0.3, -0.25) is 9.69 Å². The Hall–Kier alpha value is -2.17. The molecular formula is C24H28N2O2. The molecule has 6 rings (SSSR count). The van der Waals surface area contributed by atoms with Gasteiger partial charge in [-0.15, -0.1) is 0 Å². The van der Waals surface area contributed by atoms with Gasteiger partial charge < -0.3 is 10.1 Å². The number of nitrogens with zero attached hydrogens (tertiary/aromatic N) is 1.